The third-order valence-corrected chi connectivity index (χ3v) is 7.43. The van der Waals surface area contributed by atoms with Crippen molar-refractivity contribution < 1.29 is 22.5 Å². The highest BCUT2D eigenvalue weighted by molar-refractivity contribution is 7.89. The molecule has 0 fully saturated rings. The van der Waals surface area contributed by atoms with Gasteiger partial charge in [0.15, 0.2) is 5.58 Å². The molecule has 228 valence electrons. The molecule has 0 aliphatic rings. The Labute approximate surface area is 252 Å². The fourth-order valence-electron chi connectivity index (χ4n) is 4.47. The number of benzene rings is 3. The van der Waals surface area contributed by atoms with Crippen molar-refractivity contribution in [3.05, 3.63) is 111 Å². The number of hydrogen-bond acceptors (Lipinski definition) is 9. The Bertz CT molecular complexity index is 2060. The molecule has 3 aromatic carbocycles. The summed E-state index contributed by atoms with van der Waals surface area (Å²) in [5.74, 6) is 0.215. The molecular formula is C31H31N5O7S. The Balaban J connectivity index is 1.46. The molecule has 2 N–H and O–H groups in total. The minimum atomic E-state index is -3.84. The lowest BCUT2D eigenvalue weighted by Gasteiger charge is -2.24. The van der Waals surface area contributed by atoms with Crippen molar-refractivity contribution in [2.24, 2.45) is 5.41 Å². The Morgan fingerprint density at radius 3 is 2.34 bits per heavy atom. The molecule has 13 heteroatoms. The molecule has 0 bridgehead atoms. The van der Waals surface area contributed by atoms with Crippen molar-refractivity contribution >= 4 is 38.4 Å². The van der Waals surface area contributed by atoms with Gasteiger partial charge in [-0.05, 0) is 67.9 Å². The number of carbonyl (C=O) groups is 1. The van der Waals surface area contributed by atoms with E-state index < -0.39 is 32.6 Å². The van der Waals surface area contributed by atoms with E-state index in [9.17, 15) is 22.8 Å². The van der Waals surface area contributed by atoms with E-state index >= 15 is 0 Å². The number of rotatable bonds is 10. The predicted octanol–water partition coefficient (Wildman–Crippen LogP) is 4.15. The molecule has 2 heterocycles. The van der Waals surface area contributed by atoms with Crippen LogP contribution in [0.25, 0.3) is 11.0 Å². The van der Waals surface area contributed by atoms with Crippen LogP contribution in [0.15, 0.2) is 93.0 Å². The van der Waals surface area contributed by atoms with Gasteiger partial charge in [-0.25, -0.2) is 13.2 Å². The third-order valence-electron chi connectivity index (χ3n) is 6.87. The molecule has 0 aliphatic carbocycles. The van der Waals surface area contributed by atoms with Crippen molar-refractivity contribution in [1.82, 2.24) is 19.0 Å². The summed E-state index contributed by atoms with van der Waals surface area (Å²) in [6.45, 7) is 4.65. The van der Waals surface area contributed by atoms with Crippen molar-refractivity contribution in [2.45, 2.75) is 33.9 Å². The number of aryl methyl sites for hydroxylation is 1. The summed E-state index contributed by atoms with van der Waals surface area (Å²) < 4.78 is 38.7. The Kier molecular flexibility index (Phi) is 8.15. The van der Waals surface area contributed by atoms with Crippen LogP contribution in [0.2, 0.25) is 0 Å². The Morgan fingerprint density at radius 1 is 0.977 bits per heavy atom. The first-order chi connectivity index (χ1) is 20.8. The van der Waals surface area contributed by atoms with Gasteiger partial charge < -0.3 is 14.6 Å². The number of aromatic nitrogens is 3. The van der Waals surface area contributed by atoms with E-state index in [0.29, 0.717) is 22.9 Å². The first kappa shape index (κ1) is 30.3. The van der Waals surface area contributed by atoms with Gasteiger partial charge in [0, 0.05) is 18.3 Å². The minimum Gasteiger partial charge on any atom is -0.436 e. The molecule has 0 saturated carbocycles. The van der Waals surface area contributed by atoms with Gasteiger partial charge in [-0.1, -0.05) is 42.0 Å². The maximum absolute atomic E-state index is 13.8. The lowest BCUT2D eigenvalue weighted by atomic mass is 9.92. The van der Waals surface area contributed by atoms with Crippen LogP contribution in [0.5, 0.6) is 11.6 Å². The summed E-state index contributed by atoms with van der Waals surface area (Å²) in [6.07, 6.45) is 0.858. The zero-order chi connectivity index (χ0) is 31.6. The first-order valence-electron chi connectivity index (χ1n) is 13.6. The minimum absolute atomic E-state index is 0.123. The zero-order valence-corrected chi connectivity index (χ0v) is 25.3. The van der Waals surface area contributed by atoms with E-state index in [-0.39, 0.29) is 18.9 Å². The van der Waals surface area contributed by atoms with Gasteiger partial charge in [0.2, 0.25) is 15.9 Å². The molecule has 5 rings (SSSR count). The number of ether oxygens (including phenoxy) is 1. The van der Waals surface area contributed by atoms with Gasteiger partial charge >= 0.3 is 5.69 Å². The van der Waals surface area contributed by atoms with Gasteiger partial charge in [0.1, 0.15) is 11.6 Å². The van der Waals surface area contributed by atoms with E-state index in [1.165, 1.54) is 24.5 Å². The summed E-state index contributed by atoms with van der Waals surface area (Å²) in [7, 11) is -3.84. The van der Waals surface area contributed by atoms with Crippen LogP contribution in [-0.2, 0) is 27.9 Å². The second-order valence-corrected chi connectivity index (χ2v) is 12.9. The van der Waals surface area contributed by atoms with Crippen LogP contribution in [0.4, 0.5) is 11.5 Å². The van der Waals surface area contributed by atoms with Crippen molar-refractivity contribution in [3.8, 4) is 11.6 Å². The van der Waals surface area contributed by atoms with E-state index in [2.05, 4.69) is 10.5 Å². The number of nitrogens with zero attached hydrogens (tertiary/aromatic N) is 3. The van der Waals surface area contributed by atoms with Gasteiger partial charge in [0.25, 0.3) is 11.4 Å². The quantitative estimate of drug-likeness (QED) is 0.235. The molecular weight excluding hydrogens is 586 g/mol. The molecule has 0 aliphatic heterocycles. The van der Waals surface area contributed by atoms with Crippen LogP contribution >= 0.6 is 0 Å². The topological polar surface area (TPSA) is 155 Å². The molecule has 1 amide bonds. The Hall–Kier alpha value is -5.17. The maximum Gasteiger partial charge on any atom is 0.332 e. The summed E-state index contributed by atoms with van der Waals surface area (Å²) in [6, 6.07) is 23.0. The van der Waals surface area contributed by atoms with E-state index in [4.69, 9.17) is 9.26 Å². The number of fused-ring (bicyclic) bond motifs is 1. The normalized spacial score (nSPS) is 11.8. The Morgan fingerprint density at radius 2 is 1.66 bits per heavy atom. The van der Waals surface area contributed by atoms with Gasteiger partial charge in [-0.15, -0.1) is 0 Å². The largest absolute Gasteiger partial charge is 0.436 e. The summed E-state index contributed by atoms with van der Waals surface area (Å²) >= 11 is 0. The highest BCUT2D eigenvalue weighted by Crippen LogP contribution is 2.30. The monoisotopic (exact) mass is 617 g/mol. The van der Waals surface area contributed by atoms with Crippen LogP contribution in [0, 0.1) is 12.3 Å². The molecule has 0 saturated heterocycles. The van der Waals surface area contributed by atoms with Crippen molar-refractivity contribution in [1.29, 1.82) is 0 Å². The number of anilines is 2. The van der Waals surface area contributed by atoms with Crippen molar-refractivity contribution in [2.75, 3.05) is 11.6 Å². The first-order valence-corrected chi connectivity index (χ1v) is 15.5. The maximum atomic E-state index is 13.8. The molecule has 12 nitrogen and oxygen atoms in total. The number of hydrogen-bond donors (Lipinski definition) is 2. The second-order valence-electron chi connectivity index (χ2n) is 11.1. The molecule has 2 aromatic heterocycles. The van der Waals surface area contributed by atoms with Gasteiger partial charge in [-0.2, -0.15) is 0 Å². The second kappa shape index (κ2) is 11.8. The highest BCUT2D eigenvalue weighted by atomic mass is 32.2. The number of nitrogens with one attached hydrogen (secondary N) is 2. The van der Waals surface area contributed by atoms with Crippen LogP contribution in [-0.4, -0.2) is 34.9 Å². The van der Waals surface area contributed by atoms with Gasteiger partial charge in [0.05, 0.1) is 23.6 Å². The fraction of sp³-hybridized carbons (Fsp3) is 0.226. The number of sulfonamides is 1. The molecule has 0 radical (unpaired) electrons. The SMILES string of the molecule is Cc1ccc(Cn2c(Nc3ccc(Oc4noc5ccccc45)cc3)cc(=O)n(CC(C)(C)C(=O)NS(C)(=O)=O)c2=O)cc1. The average Bonchev–Trinajstić information content (AvgIpc) is 3.37. The molecule has 0 unspecified atom stereocenters. The smallest absolute Gasteiger partial charge is 0.332 e. The molecule has 44 heavy (non-hydrogen) atoms. The fourth-order valence-corrected chi connectivity index (χ4v) is 5.08. The number of para-hydroxylation sites is 1. The van der Waals surface area contributed by atoms with E-state index in [1.807, 2.05) is 54.1 Å². The highest BCUT2D eigenvalue weighted by Gasteiger charge is 2.32. The summed E-state index contributed by atoms with van der Waals surface area (Å²) in [4.78, 5) is 39.7. The molecule has 0 spiro atoms. The van der Waals surface area contributed by atoms with Crippen molar-refractivity contribution in [3.63, 3.8) is 0 Å². The molecule has 0 atom stereocenters. The number of amides is 1. The van der Waals surface area contributed by atoms with Crippen LogP contribution < -0.4 is 26.0 Å². The predicted molar refractivity (Wildman–Crippen MR) is 166 cm³/mol. The number of carbonyl (C=O) groups excluding carboxylic acids is 1. The molecule has 5 aromatic rings. The standard InChI is InChI=1S/C31H31N5O7S/c1-20-9-11-21(12-10-20)18-35-26(17-27(37)36(30(35)39)19-31(2,3)29(38)34-44(4,40)41)32-22-13-15-23(16-14-22)42-28-24-7-5-6-8-25(24)43-33-28/h5-17,32H,18-19H2,1-4H3,(H,34,38). The average molecular weight is 618 g/mol. The van der Waals surface area contributed by atoms with E-state index in [0.717, 1.165) is 27.3 Å². The lowest BCUT2D eigenvalue weighted by Crippen LogP contribution is -2.48. The third kappa shape index (κ3) is 6.89. The zero-order valence-electron chi connectivity index (χ0n) is 24.5. The summed E-state index contributed by atoms with van der Waals surface area (Å²) in [5.41, 5.74) is 0.307. The summed E-state index contributed by atoms with van der Waals surface area (Å²) in [5, 5.41) is 7.85. The van der Waals surface area contributed by atoms with E-state index in [1.54, 1.807) is 30.3 Å². The van der Waals surface area contributed by atoms with Crippen LogP contribution in [0.3, 0.4) is 0 Å². The lowest BCUT2D eigenvalue weighted by molar-refractivity contribution is -0.128. The van der Waals surface area contributed by atoms with Gasteiger partial charge in [-0.3, -0.25) is 23.4 Å². The van der Waals surface area contributed by atoms with Crippen LogP contribution in [0.1, 0.15) is 25.0 Å².